The van der Waals surface area contributed by atoms with E-state index in [4.69, 9.17) is 4.74 Å². The summed E-state index contributed by atoms with van der Waals surface area (Å²) in [4.78, 5) is 22.6. The Morgan fingerprint density at radius 2 is 1.73 bits per heavy atom. The fraction of sp³-hybridized carbons (Fsp3) is 0.667. The lowest BCUT2D eigenvalue weighted by atomic mass is 9.86. The molecule has 3 heteroatoms. The fourth-order valence-corrected chi connectivity index (χ4v) is 1.67. The summed E-state index contributed by atoms with van der Waals surface area (Å²) in [6, 6.07) is 0. The molecule has 1 rings (SSSR count). The fourth-order valence-electron chi connectivity index (χ4n) is 1.67. The topological polar surface area (TPSA) is 43.4 Å². The van der Waals surface area contributed by atoms with Crippen LogP contribution in [-0.4, -0.2) is 17.9 Å². The van der Waals surface area contributed by atoms with Gasteiger partial charge in [0.15, 0.2) is 0 Å². The largest absolute Gasteiger partial charge is 0.463 e. The third kappa shape index (κ3) is 3.50. The normalized spacial score (nSPS) is 25.3. The molecule has 2 unspecified atom stereocenters. The number of hydrogen-bond donors (Lipinski definition) is 0. The Morgan fingerprint density at radius 3 is 2.13 bits per heavy atom. The zero-order valence-corrected chi connectivity index (χ0v) is 9.53. The molecule has 1 aliphatic carbocycles. The number of esters is 1. The summed E-state index contributed by atoms with van der Waals surface area (Å²) in [6.07, 6.45) is 5.03. The van der Waals surface area contributed by atoms with Gasteiger partial charge < -0.3 is 4.74 Å². The Bertz CT molecular complexity index is 279. The Hall–Kier alpha value is -1.12. The second kappa shape index (κ2) is 5.10. The van der Waals surface area contributed by atoms with Crippen LogP contribution < -0.4 is 0 Å². The molecule has 0 heterocycles. The molecule has 0 saturated carbocycles. The van der Waals surface area contributed by atoms with E-state index < -0.39 is 0 Å². The molecule has 3 nitrogen and oxygen atoms in total. The van der Waals surface area contributed by atoms with Gasteiger partial charge in [-0.15, -0.1) is 0 Å². The lowest BCUT2D eigenvalue weighted by Gasteiger charge is -2.20. The van der Waals surface area contributed by atoms with E-state index in [-0.39, 0.29) is 29.7 Å². The van der Waals surface area contributed by atoms with Crippen LogP contribution >= 0.6 is 0 Å². The minimum absolute atomic E-state index is 0.00639. The van der Waals surface area contributed by atoms with E-state index >= 15 is 0 Å². The summed E-state index contributed by atoms with van der Waals surface area (Å²) in [6.45, 7) is 5.26. The molecule has 0 bridgehead atoms. The van der Waals surface area contributed by atoms with Crippen LogP contribution in [0.4, 0.5) is 0 Å². The SMILES string of the molecule is CC(=O)C1C=CC(C(=O)OC(C)C)CC1. The van der Waals surface area contributed by atoms with Crippen molar-refractivity contribution in [1.82, 2.24) is 0 Å². The summed E-state index contributed by atoms with van der Waals surface area (Å²) in [5.74, 6) is -0.179. The number of hydrogen-bond acceptors (Lipinski definition) is 3. The van der Waals surface area contributed by atoms with Gasteiger partial charge in [0.05, 0.1) is 12.0 Å². The molecule has 2 atom stereocenters. The molecule has 84 valence electrons. The van der Waals surface area contributed by atoms with Crippen molar-refractivity contribution in [2.45, 2.75) is 39.7 Å². The van der Waals surface area contributed by atoms with Crippen molar-refractivity contribution in [3.8, 4) is 0 Å². The molecule has 1 aliphatic rings. The maximum absolute atomic E-state index is 11.5. The van der Waals surface area contributed by atoms with Gasteiger partial charge in [-0.3, -0.25) is 9.59 Å². The van der Waals surface area contributed by atoms with Crippen molar-refractivity contribution in [2.75, 3.05) is 0 Å². The molecule has 0 spiro atoms. The van der Waals surface area contributed by atoms with E-state index in [0.717, 1.165) is 6.42 Å². The number of rotatable bonds is 3. The highest BCUT2D eigenvalue weighted by molar-refractivity contribution is 5.81. The Morgan fingerprint density at radius 1 is 1.20 bits per heavy atom. The Labute approximate surface area is 90.5 Å². The number of ketones is 1. The quantitative estimate of drug-likeness (QED) is 0.529. The standard InChI is InChI=1S/C12H18O3/c1-8(2)15-12(14)11-6-4-10(5-7-11)9(3)13/h4,6,8,10-11H,5,7H2,1-3H3. The molecule has 0 aliphatic heterocycles. The summed E-state index contributed by atoms with van der Waals surface area (Å²) in [7, 11) is 0. The van der Waals surface area contributed by atoms with Crippen molar-refractivity contribution >= 4 is 11.8 Å². The first-order valence-electron chi connectivity index (χ1n) is 5.40. The van der Waals surface area contributed by atoms with Crippen molar-refractivity contribution in [2.24, 2.45) is 11.8 Å². The number of allylic oxidation sites excluding steroid dienone is 1. The van der Waals surface area contributed by atoms with E-state index in [0.29, 0.717) is 6.42 Å². The minimum Gasteiger partial charge on any atom is -0.463 e. The third-order valence-corrected chi connectivity index (χ3v) is 2.54. The van der Waals surface area contributed by atoms with Gasteiger partial charge in [-0.05, 0) is 33.6 Å². The summed E-state index contributed by atoms with van der Waals surface area (Å²) in [5.41, 5.74) is 0. The maximum atomic E-state index is 11.5. The predicted octanol–water partition coefficient (Wildman–Crippen LogP) is 2.11. The molecule has 0 amide bonds. The van der Waals surface area contributed by atoms with E-state index in [1.807, 2.05) is 19.9 Å². The smallest absolute Gasteiger partial charge is 0.313 e. The highest BCUT2D eigenvalue weighted by Gasteiger charge is 2.24. The first-order chi connectivity index (χ1) is 7.00. The second-order valence-electron chi connectivity index (χ2n) is 4.27. The first-order valence-corrected chi connectivity index (χ1v) is 5.40. The number of carbonyl (C=O) groups excluding carboxylic acids is 2. The molecular weight excluding hydrogens is 192 g/mol. The predicted molar refractivity (Wildman–Crippen MR) is 57.3 cm³/mol. The number of ether oxygens (including phenoxy) is 1. The van der Waals surface area contributed by atoms with Crippen molar-refractivity contribution in [3.63, 3.8) is 0 Å². The van der Waals surface area contributed by atoms with Crippen molar-refractivity contribution < 1.29 is 14.3 Å². The van der Waals surface area contributed by atoms with Crippen molar-refractivity contribution in [1.29, 1.82) is 0 Å². The summed E-state index contributed by atoms with van der Waals surface area (Å²) in [5, 5.41) is 0. The molecule has 0 aromatic heterocycles. The number of Topliss-reactive ketones (excluding diaryl/α,β-unsaturated/α-hetero) is 1. The maximum Gasteiger partial charge on any atom is 0.313 e. The van der Waals surface area contributed by atoms with Crippen LogP contribution in [0.5, 0.6) is 0 Å². The average molecular weight is 210 g/mol. The Balaban J connectivity index is 2.51. The minimum atomic E-state index is -0.178. The highest BCUT2D eigenvalue weighted by atomic mass is 16.5. The van der Waals surface area contributed by atoms with Gasteiger partial charge in [0.2, 0.25) is 0 Å². The van der Waals surface area contributed by atoms with Crippen LogP contribution in [0.1, 0.15) is 33.6 Å². The second-order valence-corrected chi connectivity index (χ2v) is 4.27. The lowest BCUT2D eigenvalue weighted by molar-refractivity contribution is -0.151. The molecule has 15 heavy (non-hydrogen) atoms. The molecule has 0 radical (unpaired) electrons. The van der Waals surface area contributed by atoms with Gasteiger partial charge in [-0.1, -0.05) is 12.2 Å². The van der Waals surface area contributed by atoms with Crippen LogP contribution in [0.25, 0.3) is 0 Å². The monoisotopic (exact) mass is 210 g/mol. The van der Waals surface area contributed by atoms with Gasteiger partial charge >= 0.3 is 5.97 Å². The van der Waals surface area contributed by atoms with Crippen molar-refractivity contribution in [3.05, 3.63) is 12.2 Å². The van der Waals surface area contributed by atoms with Crippen LogP contribution in [0.15, 0.2) is 12.2 Å². The van der Waals surface area contributed by atoms with Crippen LogP contribution in [-0.2, 0) is 14.3 Å². The third-order valence-electron chi connectivity index (χ3n) is 2.54. The molecule has 0 fully saturated rings. The lowest BCUT2D eigenvalue weighted by Crippen LogP contribution is -2.24. The van der Waals surface area contributed by atoms with Gasteiger partial charge in [0, 0.05) is 5.92 Å². The molecular formula is C12H18O3. The zero-order chi connectivity index (χ0) is 11.4. The van der Waals surface area contributed by atoms with Gasteiger partial charge in [0.1, 0.15) is 5.78 Å². The summed E-state index contributed by atoms with van der Waals surface area (Å²) < 4.78 is 5.11. The highest BCUT2D eigenvalue weighted by Crippen LogP contribution is 2.24. The van der Waals surface area contributed by atoms with Crippen LogP contribution in [0.3, 0.4) is 0 Å². The van der Waals surface area contributed by atoms with Crippen LogP contribution in [0.2, 0.25) is 0 Å². The molecule has 0 N–H and O–H groups in total. The molecule has 0 aromatic rings. The molecule has 0 saturated heterocycles. The Kier molecular flexibility index (Phi) is 4.06. The van der Waals surface area contributed by atoms with E-state index in [2.05, 4.69) is 0 Å². The van der Waals surface area contributed by atoms with Gasteiger partial charge in [-0.2, -0.15) is 0 Å². The van der Waals surface area contributed by atoms with Gasteiger partial charge in [0.25, 0.3) is 0 Å². The van der Waals surface area contributed by atoms with Crippen LogP contribution in [0, 0.1) is 11.8 Å². The van der Waals surface area contributed by atoms with E-state index in [1.54, 1.807) is 13.0 Å². The van der Waals surface area contributed by atoms with Gasteiger partial charge in [-0.25, -0.2) is 0 Å². The summed E-state index contributed by atoms with van der Waals surface area (Å²) >= 11 is 0. The molecule has 0 aromatic carbocycles. The van der Waals surface area contributed by atoms with E-state index in [9.17, 15) is 9.59 Å². The number of carbonyl (C=O) groups is 2. The zero-order valence-electron chi connectivity index (χ0n) is 9.53. The van der Waals surface area contributed by atoms with E-state index in [1.165, 1.54) is 0 Å². The first kappa shape index (κ1) is 12.0. The average Bonchev–Trinajstić information content (AvgIpc) is 2.17.